The van der Waals surface area contributed by atoms with Crippen molar-refractivity contribution >= 4 is 0 Å². The summed E-state index contributed by atoms with van der Waals surface area (Å²) in [5.41, 5.74) is 8.60. The van der Waals surface area contributed by atoms with Gasteiger partial charge in [0.1, 0.15) is 0 Å². The molecule has 0 aliphatic heterocycles. The van der Waals surface area contributed by atoms with E-state index in [0.717, 1.165) is 6.42 Å². The Labute approximate surface area is 196 Å². The molecule has 0 aromatic heterocycles. The first kappa shape index (κ1) is 26.4. The van der Waals surface area contributed by atoms with Gasteiger partial charge in [0.2, 0.25) is 0 Å². The molecule has 0 heterocycles. The SMILES string of the molecule is CC1=[C-]C(C)C=C1C(C)(C)C.[Cl-].[Cl-].[Zr+4].[c-]1cccc2c1Cc1ccccc1-2. The fourth-order valence-electron chi connectivity index (χ4n) is 3.65. The Morgan fingerprint density at radius 3 is 2.15 bits per heavy atom. The summed E-state index contributed by atoms with van der Waals surface area (Å²) < 4.78 is 0. The topological polar surface area (TPSA) is 0 Å². The van der Waals surface area contributed by atoms with Crippen LogP contribution in [-0.2, 0) is 32.6 Å². The summed E-state index contributed by atoms with van der Waals surface area (Å²) in [6, 6.07) is 18.1. The zero-order chi connectivity index (χ0) is 17.3. The number of hydrogen-bond donors (Lipinski definition) is 0. The van der Waals surface area contributed by atoms with E-state index < -0.39 is 0 Å². The van der Waals surface area contributed by atoms with Crippen molar-refractivity contribution in [1.82, 2.24) is 0 Å². The van der Waals surface area contributed by atoms with Crippen molar-refractivity contribution < 1.29 is 51.0 Å². The third kappa shape index (κ3) is 6.18. The van der Waals surface area contributed by atoms with Crippen molar-refractivity contribution in [2.75, 3.05) is 0 Å². The molecule has 0 spiro atoms. The third-order valence-electron chi connectivity index (χ3n) is 4.69. The summed E-state index contributed by atoms with van der Waals surface area (Å²) in [5.74, 6) is 0.518. The van der Waals surface area contributed by atoms with Crippen molar-refractivity contribution in [2.45, 2.75) is 41.0 Å². The Bertz CT molecular complexity index is 770. The molecular formula is C24H26Cl2Zr. The number of allylic oxidation sites excluding steroid dienone is 4. The van der Waals surface area contributed by atoms with Crippen LogP contribution in [0, 0.1) is 23.5 Å². The summed E-state index contributed by atoms with van der Waals surface area (Å²) in [6.45, 7) is 11.1. The minimum Gasteiger partial charge on any atom is -1.00 e. The Morgan fingerprint density at radius 1 is 0.963 bits per heavy atom. The van der Waals surface area contributed by atoms with Crippen molar-refractivity contribution in [3.8, 4) is 11.1 Å². The predicted octanol–water partition coefficient (Wildman–Crippen LogP) is 0.422. The van der Waals surface area contributed by atoms with Crippen molar-refractivity contribution in [3.63, 3.8) is 0 Å². The van der Waals surface area contributed by atoms with E-state index in [4.69, 9.17) is 0 Å². The fraction of sp³-hybridized carbons (Fsp3) is 0.333. The first-order valence-electron chi connectivity index (χ1n) is 8.77. The molecule has 2 aromatic rings. The van der Waals surface area contributed by atoms with E-state index in [-0.39, 0.29) is 51.0 Å². The zero-order valence-electron chi connectivity index (χ0n) is 16.7. The van der Waals surface area contributed by atoms with Gasteiger partial charge in [-0.2, -0.15) is 41.5 Å². The standard InChI is InChI=1S/C13H9.C11H17.2ClH.Zr/c1-3-7-12-10(5-1)9-11-6-2-4-8-13(11)12;1-8-6-9(2)10(7-8)11(3,4)5;;;/h1-5,7-8H,9H2;7-8H,1-5H3;2*1H;/q2*-1;;;+4/p-2. The number of rotatable bonds is 0. The van der Waals surface area contributed by atoms with Gasteiger partial charge >= 0.3 is 26.2 Å². The largest absolute Gasteiger partial charge is 4.00 e. The van der Waals surface area contributed by atoms with Gasteiger partial charge in [0, 0.05) is 0 Å². The molecule has 2 aliphatic carbocycles. The quantitative estimate of drug-likeness (QED) is 0.413. The molecule has 1 atom stereocenters. The molecule has 1 unspecified atom stereocenters. The minimum atomic E-state index is 0. The molecule has 0 saturated heterocycles. The maximum atomic E-state index is 3.40. The van der Waals surface area contributed by atoms with Crippen LogP contribution in [0.5, 0.6) is 0 Å². The Hall–Kier alpha value is -0.617. The van der Waals surface area contributed by atoms with Gasteiger partial charge in [0.05, 0.1) is 0 Å². The van der Waals surface area contributed by atoms with Crippen LogP contribution in [0.4, 0.5) is 0 Å². The average Bonchev–Trinajstić information content (AvgIpc) is 3.07. The van der Waals surface area contributed by atoms with Gasteiger partial charge in [0.15, 0.2) is 0 Å². The van der Waals surface area contributed by atoms with Crippen LogP contribution in [0.2, 0.25) is 0 Å². The molecule has 0 N–H and O–H groups in total. The van der Waals surface area contributed by atoms with Gasteiger partial charge in [-0.25, -0.2) is 5.57 Å². The average molecular weight is 477 g/mol. The molecule has 3 heteroatoms. The van der Waals surface area contributed by atoms with Gasteiger partial charge in [-0.3, -0.25) is 6.08 Å². The van der Waals surface area contributed by atoms with E-state index in [1.54, 1.807) is 0 Å². The van der Waals surface area contributed by atoms with E-state index >= 15 is 0 Å². The zero-order valence-corrected chi connectivity index (χ0v) is 20.6. The third-order valence-corrected chi connectivity index (χ3v) is 4.69. The number of hydrogen-bond acceptors (Lipinski definition) is 0. The predicted molar refractivity (Wildman–Crippen MR) is 103 cm³/mol. The second kappa shape index (κ2) is 10.8. The molecule has 4 rings (SSSR count). The van der Waals surface area contributed by atoms with Crippen LogP contribution in [0.1, 0.15) is 45.7 Å². The minimum absolute atomic E-state index is 0. The first-order valence-corrected chi connectivity index (χ1v) is 8.77. The smallest absolute Gasteiger partial charge is 1.00 e. The summed E-state index contributed by atoms with van der Waals surface area (Å²) in [7, 11) is 0. The molecule has 27 heavy (non-hydrogen) atoms. The number of fused-ring (bicyclic) bond motifs is 3. The second-order valence-electron chi connectivity index (χ2n) is 7.78. The Balaban J connectivity index is 0.000000457. The first-order chi connectivity index (χ1) is 11.4. The van der Waals surface area contributed by atoms with E-state index in [0.29, 0.717) is 11.3 Å². The molecule has 2 aliphatic rings. The Morgan fingerprint density at radius 2 is 1.59 bits per heavy atom. The van der Waals surface area contributed by atoms with Gasteiger partial charge in [-0.05, 0) is 6.42 Å². The number of halogens is 2. The fourth-order valence-corrected chi connectivity index (χ4v) is 3.65. The van der Waals surface area contributed by atoms with Gasteiger partial charge < -0.3 is 24.8 Å². The molecule has 0 amide bonds. The summed E-state index contributed by atoms with van der Waals surface area (Å²) in [5, 5.41) is 0. The van der Waals surface area contributed by atoms with Crippen LogP contribution in [0.25, 0.3) is 11.1 Å². The molecule has 0 saturated carbocycles. The van der Waals surface area contributed by atoms with Crippen LogP contribution in [-0.4, -0.2) is 0 Å². The van der Waals surface area contributed by atoms with E-state index in [2.05, 4.69) is 89.2 Å². The molecule has 0 nitrogen and oxygen atoms in total. The summed E-state index contributed by atoms with van der Waals surface area (Å²) in [4.78, 5) is 0. The van der Waals surface area contributed by atoms with E-state index in [9.17, 15) is 0 Å². The van der Waals surface area contributed by atoms with Gasteiger partial charge in [-0.15, -0.1) is 5.56 Å². The molecular weight excluding hydrogens is 450 g/mol. The van der Waals surface area contributed by atoms with E-state index in [1.807, 2.05) is 6.07 Å². The normalized spacial score (nSPS) is 16.1. The molecule has 0 bridgehead atoms. The maximum absolute atomic E-state index is 3.40. The maximum Gasteiger partial charge on any atom is 4.00 e. The van der Waals surface area contributed by atoms with Gasteiger partial charge in [0.25, 0.3) is 0 Å². The van der Waals surface area contributed by atoms with Crippen molar-refractivity contribution in [3.05, 3.63) is 83.0 Å². The van der Waals surface area contributed by atoms with E-state index in [1.165, 1.54) is 33.4 Å². The molecule has 0 fully saturated rings. The van der Waals surface area contributed by atoms with Crippen molar-refractivity contribution in [1.29, 1.82) is 0 Å². The molecule has 2 aromatic carbocycles. The van der Waals surface area contributed by atoms with Crippen molar-refractivity contribution in [2.24, 2.45) is 11.3 Å². The molecule has 140 valence electrons. The Kier molecular flexibility index (Phi) is 10.6. The van der Waals surface area contributed by atoms with Crippen LogP contribution in [0.3, 0.4) is 0 Å². The van der Waals surface area contributed by atoms with Crippen LogP contribution < -0.4 is 24.8 Å². The summed E-state index contributed by atoms with van der Waals surface area (Å²) in [6.07, 6.45) is 6.76. The molecule has 0 radical (unpaired) electrons. The second-order valence-corrected chi connectivity index (χ2v) is 7.78. The monoisotopic (exact) mass is 474 g/mol. The summed E-state index contributed by atoms with van der Waals surface area (Å²) >= 11 is 0. The van der Waals surface area contributed by atoms with Gasteiger partial charge in [-0.1, -0.05) is 81.3 Å². The van der Waals surface area contributed by atoms with Crippen LogP contribution in [0.15, 0.2) is 59.7 Å². The van der Waals surface area contributed by atoms with Crippen LogP contribution >= 0.6 is 0 Å². The number of benzene rings is 2.